The molecule has 0 saturated carbocycles. The number of benzene rings is 2. The molecule has 1 aliphatic heterocycles. The molecule has 0 radical (unpaired) electrons. The molecule has 1 saturated heterocycles. The molecule has 0 aliphatic carbocycles. The molecule has 1 heterocycles. The van der Waals surface area contributed by atoms with Crippen molar-refractivity contribution in [2.45, 2.75) is 84.0 Å². The minimum Gasteiger partial charge on any atom is -0.493 e. The molecule has 2 aromatic rings. The van der Waals surface area contributed by atoms with Gasteiger partial charge in [-0.25, -0.2) is 0 Å². The lowest BCUT2D eigenvalue weighted by atomic mass is 9.97. The minimum absolute atomic E-state index is 0.145. The molecule has 2 aromatic carbocycles. The van der Waals surface area contributed by atoms with Gasteiger partial charge in [-0.1, -0.05) is 17.9 Å². The van der Waals surface area contributed by atoms with Crippen molar-refractivity contribution in [2.75, 3.05) is 35.0 Å². The molecule has 0 amide bonds. The predicted molar refractivity (Wildman–Crippen MR) is 182 cm³/mol. The lowest BCUT2D eigenvalue weighted by Gasteiger charge is -2.45. The number of carbonyl (C=O) groups excluding carboxylic acids is 5. The smallest absolute Gasteiger partial charge is 0.303 e. The number of carbonyl (C=O) groups is 5. The van der Waals surface area contributed by atoms with Crippen LogP contribution in [0.2, 0.25) is 0 Å². The standard InChI is InChI=1S/C37H44O16/c1-20(38)47-19-32-34(49-22(3)40)35(50-23(4)41)36(51-24(5)42)37(53-32)52-29(12-10-11-25-13-15-27(43-6)30(17-25)45-8)33(48-21(2)39)26-14-16-28(44-7)31(18-26)46-9/h13-18,29,32-37H,12,19H2,1-9H3/t29?,32-,33?,34-,35+,36-,37-/m1/s1. The predicted octanol–water partition coefficient (Wildman–Crippen LogP) is 3.24. The first-order valence-electron chi connectivity index (χ1n) is 16.3. The third kappa shape index (κ3) is 12.0. The van der Waals surface area contributed by atoms with Crippen molar-refractivity contribution < 1.29 is 76.1 Å². The first-order chi connectivity index (χ1) is 25.2. The maximum absolute atomic E-state index is 12.6. The summed E-state index contributed by atoms with van der Waals surface area (Å²) in [6, 6.07) is 9.86. The van der Waals surface area contributed by atoms with Crippen LogP contribution in [0.1, 0.15) is 58.3 Å². The zero-order valence-corrected chi connectivity index (χ0v) is 31.0. The summed E-state index contributed by atoms with van der Waals surface area (Å²) in [5.41, 5.74) is 0.935. The van der Waals surface area contributed by atoms with Crippen LogP contribution in [0.3, 0.4) is 0 Å². The summed E-state index contributed by atoms with van der Waals surface area (Å²) in [5, 5.41) is 0. The van der Waals surface area contributed by atoms with E-state index >= 15 is 0 Å². The Morgan fingerprint density at radius 1 is 0.660 bits per heavy atom. The number of esters is 5. The number of hydrogen-bond donors (Lipinski definition) is 0. The van der Waals surface area contributed by atoms with Gasteiger partial charge in [0.25, 0.3) is 0 Å². The molecule has 16 nitrogen and oxygen atoms in total. The van der Waals surface area contributed by atoms with Crippen LogP contribution in [-0.2, 0) is 57.1 Å². The minimum atomic E-state index is -1.61. The molecule has 0 N–H and O–H groups in total. The van der Waals surface area contributed by atoms with Gasteiger partial charge >= 0.3 is 29.8 Å². The monoisotopic (exact) mass is 744 g/mol. The second-order valence-corrected chi connectivity index (χ2v) is 11.5. The van der Waals surface area contributed by atoms with Gasteiger partial charge in [0.05, 0.1) is 28.4 Å². The molecule has 2 unspecified atom stereocenters. The molecule has 3 rings (SSSR count). The number of hydrogen-bond acceptors (Lipinski definition) is 16. The highest BCUT2D eigenvalue weighted by Gasteiger charge is 2.53. The number of methoxy groups -OCH3 is 4. The van der Waals surface area contributed by atoms with E-state index in [9.17, 15) is 24.0 Å². The second kappa shape index (κ2) is 19.9. The average molecular weight is 745 g/mol. The molecule has 1 fully saturated rings. The van der Waals surface area contributed by atoms with Gasteiger partial charge in [0.1, 0.15) is 18.8 Å². The van der Waals surface area contributed by atoms with Crippen LogP contribution >= 0.6 is 0 Å². The Bertz CT molecular complexity index is 1680. The van der Waals surface area contributed by atoms with E-state index in [1.807, 2.05) is 0 Å². The van der Waals surface area contributed by atoms with Gasteiger partial charge in [0.2, 0.25) is 0 Å². The molecular formula is C37H44O16. The lowest BCUT2D eigenvalue weighted by molar-refractivity contribution is -0.322. The molecule has 0 spiro atoms. The molecule has 1 aliphatic rings. The first kappa shape index (κ1) is 41.9. The van der Waals surface area contributed by atoms with Crippen molar-refractivity contribution in [3.05, 3.63) is 47.5 Å². The van der Waals surface area contributed by atoms with Gasteiger partial charge in [-0.3, -0.25) is 24.0 Å². The molecule has 0 aromatic heterocycles. The highest BCUT2D eigenvalue weighted by molar-refractivity contribution is 5.69. The molecule has 0 bridgehead atoms. The second-order valence-electron chi connectivity index (χ2n) is 11.5. The maximum atomic E-state index is 12.6. The molecule has 16 heteroatoms. The van der Waals surface area contributed by atoms with Crippen LogP contribution in [0.15, 0.2) is 36.4 Å². The fourth-order valence-corrected chi connectivity index (χ4v) is 5.43. The summed E-state index contributed by atoms with van der Waals surface area (Å²) >= 11 is 0. The summed E-state index contributed by atoms with van der Waals surface area (Å²) < 4.78 is 61.9. The van der Waals surface area contributed by atoms with Crippen molar-refractivity contribution >= 4 is 29.8 Å². The topological polar surface area (TPSA) is 187 Å². The maximum Gasteiger partial charge on any atom is 0.303 e. The SMILES string of the molecule is COc1ccc(C#CCC(O[C@@H]2O[C@H](COC(C)=O)[C@@H](OC(C)=O)[C@H](OC(C)=O)[C@H]2OC(C)=O)C(OC(C)=O)c2ccc(OC)c(OC)c2)cc1OC. The van der Waals surface area contributed by atoms with E-state index in [1.165, 1.54) is 35.4 Å². The van der Waals surface area contributed by atoms with E-state index in [1.54, 1.807) is 36.4 Å². The van der Waals surface area contributed by atoms with Crippen LogP contribution in [0.5, 0.6) is 23.0 Å². The van der Waals surface area contributed by atoms with Crippen molar-refractivity contribution in [3.8, 4) is 34.8 Å². The van der Waals surface area contributed by atoms with E-state index in [-0.39, 0.29) is 6.42 Å². The fourth-order valence-electron chi connectivity index (χ4n) is 5.43. The summed E-state index contributed by atoms with van der Waals surface area (Å²) in [4.78, 5) is 61.5. The third-order valence-electron chi connectivity index (χ3n) is 7.54. The molecule has 288 valence electrons. The third-order valence-corrected chi connectivity index (χ3v) is 7.54. The quantitative estimate of drug-likeness (QED) is 0.147. The Morgan fingerprint density at radius 2 is 1.21 bits per heavy atom. The van der Waals surface area contributed by atoms with Gasteiger partial charge in [0, 0.05) is 46.6 Å². The van der Waals surface area contributed by atoms with Crippen molar-refractivity contribution in [3.63, 3.8) is 0 Å². The number of ether oxygens (including phenoxy) is 11. The zero-order chi connectivity index (χ0) is 39.2. The van der Waals surface area contributed by atoms with Crippen LogP contribution in [0.4, 0.5) is 0 Å². The highest BCUT2D eigenvalue weighted by atomic mass is 16.7. The summed E-state index contributed by atoms with van der Waals surface area (Å²) in [6.07, 6.45) is -9.95. The van der Waals surface area contributed by atoms with Crippen LogP contribution < -0.4 is 18.9 Å². The largest absolute Gasteiger partial charge is 0.493 e. The van der Waals surface area contributed by atoms with E-state index in [2.05, 4.69) is 11.8 Å². The van der Waals surface area contributed by atoms with Gasteiger partial charge in [-0.15, -0.1) is 0 Å². The van der Waals surface area contributed by atoms with Gasteiger partial charge in [-0.2, -0.15) is 0 Å². The Morgan fingerprint density at radius 3 is 1.75 bits per heavy atom. The Labute approximate surface area is 307 Å². The Kier molecular flexibility index (Phi) is 15.7. The van der Waals surface area contributed by atoms with Gasteiger partial charge < -0.3 is 52.1 Å². The summed E-state index contributed by atoms with van der Waals surface area (Å²) in [6.45, 7) is 5.19. The van der Waals surface area contributed by atoms with Gasteiger partial charge in [-0.05, 0) is 35.9 Å². The summed E-state index contributed by atoms with van der Waals surface area (Å²) in [7, 11) is 5.88. The fraction of sp³-hybridized carbons (Fsp3) is 0.486. The molecular weight excluding hydrogens is 700 g/mol. The Balaban J connectivity index is 2.21. The van der Waals surface area contributed by atoms with Crippen molar-refractivity contribution in [1.82, 2.24) is 0 Å². The van der Waals surface area contributed by atoms with Crippen LogP contribution in [0, 0.1) is 11.8 Å². The normalized spacial score (nSPS) is 20.2. The van der Waals surface area contributed by atoms with Crippen molar-refractivity contribution in [1.29, 1.82) is 0 Å². The Hall–Kier alpha value is -5.53. The van der Waals surface area contributed by atoms with Crippen LogP contribution in [-0.4, -0.2) is 102 Å². The first-order valence-corrected chi connectivity index (χ1v) is 16.3. The highest BCUT2D eigenvalue weighted by Crippen LogP contribution is 2.37. The summed E-state index contributed by atoms with van der Waals surface area (Å²) in [5.74, 6) is 3.87. The van der Waals surface area contributed by atoms with E-state index < -0.39 is 79.4 Å². The average Bonchev–Trinajstić information content (AvgIpc) is 3.10. The van der Waals surface area contributed by atoms with Crippen molar-refractivity contribution in [2.24, 2.45) is 0 Å². The van der Waals surface area contributed by atoms with E-state index in [0.717, 1.165) is 27.7 Å². The molecule has 7 atom stereocenters. The van der Waals surface area contributed by atoms with Crippen LogP contribution in [0.25, 0.3) is 0 Å². The van der Waals surface area contributed by atoms with E-state index in [4.69, 9.17) is 52.1 Å². The number of rotatable bonds is 15. The molecule has 53 heavy (non-hydrogen) atoms. The van der Waals surface area contributed by atoms with E-state index in [0.29, 0.717) is 34.1 Å². The zero-order valence-electron chi connectivity index (χ0n) is 31.0. The lowest BCUT2D eigenvalue weighted by Crippen LogP contribution is -2.63. The van der Waals surface area contributed by atoms with Gasteiger partial charge in [0.15, 0.2) is 53.7 Å².